The molecule has 0 fully saturated rings. The van der Waals surface area contributed by atoms with Gasteiger partial charge in [-0.2, -0.15) is 0 Å². The molecule has 0 amide bonds. The molecule has 0 atom stereocenters. The fraction of sp³-hybridized carbons (Fsp3) is 0. The van der Waals surface area contributed by atoms with Crippen molar-refractivity contribution in [1.82, 2.24) is 24.5 Å². The van der Waals surface area contributed by atoms with Crippen LogP contribution in [0.15, 0.2) is 168 Å². The van der Waals surface area contributed by atoms with Gasteiger partial charge in [0.1, 0.15) is 5.52 Å². The summed E-state index contributed by atoms with van der Waals surface area (Å²) in [5.41, 5.74) is 8.19. The van der Waals surface area contributed by atoms with Crippen LogP contribution in [0.5, 0.6) is 0 Å². The van der Waals surface area contributed by atoms with Crippen LogP contribution >= 0.6 is 11.3 Å². The molecule has 0 saturated heterocycles. The van der Waals surface area contributed by atoms with Gasteiger partial charge < -0.3 is 8.98 Å². The van der Waals surface area contributed by atoms with Crippen LogP contribution in [0.3, 0.4) is 0 Å². The lowest BCUT2D eigenvalue weighted by Crippen LogP contribution is -2.01. The summed E-state index contributed by atoms with van der Waals surface area (Å²) < 4.78 is 11.2. The minimum atomic E-state index is 0.520. The molecular weight excluding hydrogens is 671 g/mol. The van der Waals surface area contributed by atoms with Crippen LogP contribution in [0.25, 0.3) is 104 Å². The first-order chi connectivity index (χ1) is 26.3. The van der Waals surface area contributed by atoms with Gasteiger partial charge in [-0.05, 0) is 60.7 Å². The SMILES string of the molecule is c1ccc(-c2nc3cccc(-c4nc(-c5cccc(-n6c7ccccc7c7ccccc76)c5)nc(-c5cccc6c5sc5ccccc56)n4)c3o2)cc1. The molecule has 53 heavy (non-hydrogen) atoms. The van der Waals surface area contributed by atoms with E-state index in [9.17, 15) is 0 Å². The number of thiophene rings is 1. The van der Waals surface area contributed by atoms with Crippen molar-refractivity contribution >= 4 is 64.4 Å². The molecule has 6 nitrogen and oxygen atoms in total. The van der Waals surface area contributed by atoms with Gasteiger partial charge in [0.25, 0.3) is 0 Å². The third-order valence-electron chi connectivity index (χ3n) is 9.90. The predicted octanol–water partition coefficient (Wildman–Crippen LogP) is 12.1. The zero-order chi connectivity index (χ0) is 34.9. The minimum Gasteiger partial charge on any atom is -0.435 e. The van der Waals surface area contributed by atoms with E-state index < -0.39 is 0 Å². The second kappa shape index (κ2) is 11.8. The molecule has 4 heterocycles. The molecule has 7 heteroatoms. The zero-order valence-corrected chi connectivity index (χ0v) is 29.0. The summed E-state index contributed by atoms with van der Waals surface area (Å²) in [6, 6.07) is 56.3. The van der Waals surface area contributed by atoms with Crippen LogP contribution in [-0.2, 0) is 0 Å². The standard InChI is InChI=1S/C46H27N5OS/c1-2-13-28(14-3-1)46-47-37-23-12-21-35(41(37)52-46)44-48-43(49-45(50-44)36-22-11-20-34-33-19-6-9-26-40(33)53-42(34)36)29-15-10-16-30(27-29)51-38-24-7-4-17-31(38)32-18-5-8-25-39(32)51/h1-27H. The van der Waals surface area contributed by atoms with Crippen LogP contribution < -0.4 is 0 Å². The number of aromatic nitrogens is 5. The molecule has 0 radical (unpaired) electrons. The van der Waals surface area contributed by atoms with Crippen LogP contribution in [0, 0.1) is 0 Å². The summed E-state index contributed by atoms with van der Waals surface area (Å²) in [6.45, 7) is 0. The van der Waals surface area contributed by atoms with Crippen LogP contribution in [0.1, 0.15) is 0 Å². The van der Waals surface area contributed by atoms with E-state index >= 15 is 0 Å². The van der Waals surface area contributed by atoms with Crippen LogP contribution in [0.2, 0.25) is 0 Å². The lowest BCUT2D eigenvalue weighted by molar-refractivity contribution is 0.620. The van der Waals surface area contributed by atoms with Crippen molar-refractivity contribution in [3.63, 3.8) is 0 Å². The number of fused-ring (bicyclic) bond motifs is 7. The second-order valence-corrected chi connectivity index (χ2v) is 14.1. The summed E-state index contributed by atoms with van der Waals surface area (Å²) in [5, 5.41) is 4.83. The Kier molecular flexibility index (Phi) is 6.62. The Morgan fingerprint density at radius 2 is 1.06 bits per heavy atom. The van der Waals surface area contributed by atoms with E-state index in [4.69, 9.17) is 24.4 Å². The number of oxazole rings is 1. The van der Waals surface area contributed by atoms with Crippen molar-refractivity contribution in [2.24, 2.45) is 0 Å². The van der Waals surface area contributed by atoms with Gasteiger partial charge in [0.15, 0.2) is 23.1 Å². The van der Waals surface area contributed by atoms with Crippen LogP contribution in [0.4, 0.5) is 0 Å². The molecule has 7 aromatic carbocycles. The molecule has 0 spiro atoms. The number of hydrogen-bond donors (Lipinski definition) is 0. The van der Waals surface area contributed by atoms with E-state index in [1.54, 1.807) is 11.3 Å². The van der Waals surface area contributed by atoms with E-state index in [1.807, 2.05) is 48.5 Å². The Morgan fingerprint density at radius 1 is 0.453 bits per heavy atom. The molecular formula is C46H27N5OS. The molecule has 0 bridgehead atoms. The fourth-order valence-corrected chi connectivity index (χ4v) is 8.70. The topological polar surface area (TPSA) is 69.6 Å². The third-order valence-corrected chi connectivity index (χ3v) is 11.1. The lowest BCUT2D eigenvalue weighted by atomic mass is 10.1. The Balaban J connectivity index is 1.15. The first-order valence-corrected chi connectivity index (χ1v) is 18.3. The zero-order valence-electron chi connectivity index (χ0n) is 28.1. The molecule has 0 N–H and O–H groups in total. The fourth-order valence-electron chi connectivity index (χ4n) is 7.48. The summed E-state index contributed by atoms with van der Waals surface area (Å²) in [4.78, 5) is 20.5. The molecule has 0 aliphatic carbocycles. The Morgan fingerprint density at radius 3 is 1.87 bits per heavy atom. The summed E-state index contributed by atoms with van der Waals surface area (Å²) in [5.74, 6) is 2.25. The number of benzene rings is 7. The molecule has 248 valence electrons. The highest BCUT2D eigenvalue weighted by atomic mass is 32.1. The maximum atomic E-state index is 6.48. The van der Waals surface area contributed by atoms with E-state index in [0.717, 1.165) is 49.2 Å². The van der Waals surface area contributed by atoms with Gasteiger partial charge >= 0.3 is 0 Å². The van der Waals surface area contributed by atoms with Crippen molar-refractivity contribution in [1.29, 1.82) is 0 Å². The number of rotatable bonds is 5. The number of hydrogen-bond acceptors (Lipinski definition) is 6. The molecule has 11 rings (SSSR count). The molecule has 4 aromatic heterocycles. The van der Waals surface area contributed by atoms with Crippen LogP contribution in [-0.4, -0.2) is 24.5 Å². The quantitative estimate of drug-likeness (QED) is 0.179. The highest BCUT2D eigenvalue weighted by Crippen LogP contribution is 2.40. The van der Waals surface area contributed by atoms with Crippen molar-refractivity contribution < 1.29 is 4.42 Å². The van der Waals surface area contributed by atoms with Crippen molar-refractivity contribution in [3.05, 3.63) is 164 Å². The molecule has 0 unspecified atom stereocenters. The van der Waals surface area contributed by atoms with Gasteiger partial charge in [0.05, 0.1) is 16.6 Å². The van der Waals surface area contributed by atoms with E-state index in [-0.39, 0.29) is 0 Å². The summed E-state index contributed by atoms with van der Waals surface area (Å²) in [7, 11) is 0. The third kappa shape index (κ3) is 4.79. The van der Waals surface area contributed by atoms with E-state index in [1.165, 1.54) is 26.2 Å². The average Bonchev–Trinajstić information content (AvgIpc) is 3.93. The van der Waals surface area contributed by atoms with E-state index in [0.29, 0.717) is 28.9 Å². The lowest BCUT2D eigenvalue weighted by Gasteiger charge is -2.12. The Bertz CT molecular complexity index is 3140. The van der Waals surface area contributed by atoms with Gasteiger partial charge in [-0.1, -0.05) is 103 Å². The summed E-state index contributed by atoms with van der Waals surface area (Å²) >= 11 is 1.76. The largest absolute Gasteiger partial charge is 0.435 e. The van der Waals surface area contributed by atoms with Gasteiger partial charge in [0, 0.05) is 53.3 Å². The van der Waals surface area contributed by atoms with Crippen molar-refractivity contribution in [2.75, 3.05) is 0 Å². The molecule has 0 saturated carbocycles. The normalized spacial score (nSPS) is 11.8. The molecule has 0 aliphatic rings. The Labute approximate surface area is 307 Å². The monoisotopic (exact) mass is 697 g/mol. The van der Waals surface area contributed by atoms with Crippen molar-refractivity contribution in [2.45, 2.75) is 0 Å². The average molecular weight is 698 g/mol. The van der Waals surface area contributed by atoms with Gasteiger partial charge in [-0.15, -0.1) is 11.3 Å². The minimum absolute atomic E-state index is 0.520. The van der Waals surface area contributed by atoms with Gasteiger partial charge in [-0.3, -0.25) is 0 Å². The Hall–Kier alpha value is -6.96. The molecule has 11 aromatic rings. The van der Waals surface area contributed by atoms with E-state index in [2.05, 4.69) is 120 Å². The van der Waals surface area contributed by atoms with Crippen molar-refractivity contribution in [3.8, 4) is 51.3 Å². The second-order valence-electron chi connectivity index (χ2n) is 13.0. The van der Waals surface area contributed by atoms with Gasteiger partial charge in [0.2, 0.25) is 5.89 Å². The number of para-hydroxylation sites is 3. The molecule has 0 aliphatic heterocycles. The highest BCUT2D eigenvalue weighted by Gasteiger charge is 2.21. The number of nitrogens with zero attached hydrogens (tertiary/aromatic N) is 5. The maximum Gasteiger partial charge on any atom is 0.227 e. The summed E-state index contributed by atoms with van der Waals surface area (Å²) in [6.07, 6.45) is 0. The maximum absolute atomic E-state index is 6.48. The first-order valence-electron chi connectivity index (χ1n) is 17.5. The highest BCUT2D eigenvalue weighted by molar-refractivity contribution is 7.26. The van der Waals surface area contributed by atoms with Gasteiger partial charge in [-0.25, -0.2) is 19.9 Å². The predicted molar refractivity (Wildman–Crippen MR) is 216 cm³/mol. The first kappa shape index (κ1) is 29.7. The smallest absolute Gasteiger partial charge is 0.227 e.